The molecule has 1 amide bonds. The maximum absolute atomic E-state index is 12.3. The molecule has 0 unspecified atom stereocenters. The molecule has 0 heterocycles. The average molecular weight is 490 g/mol. The van der Waals surface area contributed by atoms with Gasteiger partial charge < -0.3 is 9.64 Å². The number of unbranched alkanes of at least 4 members (excludes halogenated alkanes) is 6. The molecule has 4 heteroatoms. The van der Waals surface area contributed by atoms with E-state index in [0.29, 0.717) is 13.2 Å². The van der Waals surface area contributed by atoms with Crippen molar-refractivity contribution in [2.75, 3.05) is 11.5 Å². The maximum Gasteiger partial charge on any atom is 0.330 e. The summed E-state index contributed by atoms with van der Waals surface area (Å²) in [6.07, 6.45) is 11.7. The Labute approximate surface area is 218 Å². The van der Waals surface area contributed by atoms with Gasteiger partial charge in [0.05, 0.1) is 13.2 Å². The number of amides is 1. The second kappa shape index (κ2) is 18.9. The summed E-state index contributed by atoms with van der Waals surface area (Å²) in [7, 11) is 0. The van der Waals surface area contributed by atoms with Crippen LogP contribution in [-0.4, -0.2) is 18.5 Å². The highest BCUT2D eigenvalue weighted by molar-refractivity contribution is 5.91. The lowest BCUT2D eigenvalue weighted by atomic mass is 10.1. The van der Waals surface area contributed by atoms with E-state index >= 15 is 0 Å². The first kappa shape index (κ1) is 30.7. The van der Waals surface area contributed by atoms with Crippen LogP contribution in [0.2, 0.25) is 0 Å². The third kappa shape index (κ3) is 12.4. The Morgan fingerprint density at radius 3 is 2.14 bits per heavy atom. The number of benzene rings is 2. The van der Waals surface area contributed by atoms with Crippen molar-refractivity contribution >= 4 is 23.6 Å². The van der Waals surface area contributed by atoms with Crippen molar-refractivity contribution in [3.05, 3.63) is 71.3 Å². The van der Waals surface area contributed by atoms with Gasteiger partial charge in [-0.15, -0.1) is 0 Å². The second-order valence-electron chi connectivity index (χ2n) is 8.30. The Morgan fingerprint density at radius 1 is 0.889 bits per heavy atom. The van der Waals surface area contributed by atoms with Crippen LogP contribution in [0.15, 0.2) is 54.6 Å². The highest BCUT2D eigenvalue weighted by Crippen LogP contribution is 2.19. The summed E-state index contributed by atoms with van der Waals surface area (Å²) < 4.78 is 4.89. The summed E-state index contributed by atoms with van der Waals surface area (Å²) in [5, 5.41) is 0. The van der Waals surface area contributed by atoms with Gasteiger partial charge in [0.1, 0.15) is 0 Å². The Morgan fingerprint density at radius 2 is 1.53 bits per heavy atom. The van der Waals surface area contributed by atoms with Crippen LogP contribution >= 0.6 is 0 Å². The van der Waals surface area contributed by atoms with E-state index < -0.39 is 0 Å². The molecule has 0 fully saturated rings. The van der Waals surface area contributed by atoms with E-state index in [-0.39, 0.29) is 11.9 Å². The number of carbonyl (C=O) groups is 2. The van der Waals surface area contributed by atoms with Crippen molar-refractivity contribution in [3.8, 4) is 11.8 Å². The molecule has 2 aromatic carbocycles. The van der Waals surface area contributed by atoms with Gasteiger partial charge in [-0.05, 0) is 54.8 Å². The van der Waals surface area contributed by atoms with Crippen LogP contribution in [0.1, 0.15) is 96.3 Å². The molecule has 0 saturated heterocycles. The molecule has 2 aromatic rings. The van der Waals surface area contributed by atoms with E-state index in [4.69, 9.17) is 4.74 Å². The quantitative estimate of drug-likeness (QED) is 0.132. The number of esters is 1. The van der Waals surface area contributed by atoms with E-state index in [0.717, 1.165) is 28.8 Å². The van der Waals surface area contributed by atoms with Gasteiger partial charge in [0.25, 0.3) is 0 Å². The minimum Gasteiger partial charge on any atom is -0.463 e. The molecule has 0 aliphatic carbocycles. The fourth-order valence-corrected chi connectivity index (χ4v) is 3.54. The molecule has 0 aliphatic rings. The largest absolute Gasteiger partial charge is 0.463 e. The molecule has 0 bridgehead atoms. The average Bonchev–Trinajstić information content (AvgIpc) is 2.90. The highest BCUT2D eigenvalue weighted by Gasteiger charge is 2.12. The van der Waals surface area contributed by atoms with Gasteiger partial charge in [0.2, 0.25) is 5.91 Å². The van der Waals surface area contributed by atoms with Crippen molar-refractivity contribution in [1.29, 1.82) is 0 Å². The molecule has 0 saturated carbocycles. The summed E-state index contributed by atoms with van der Waals surface area (Å²) in [5.41, 5.74) is 3.72. The summed E-state index contributed by atoms with van der Waals surface area (Å²) in [6.45, 7) is 10.4. The SMILES string of the molecule is CC.CCCCCCCCC#Cc1ccc(CN(C(C)=O)c2ccc(/C=C/C(=O)OCC)cc2)cc1. The van der Waals surface area contributed by atoms with E-state index in [1.54, 1.807) is 24.8 Å². The van der Waals surface area contributed by atoms with Crippen LogP contribution in [0.25, 0.3) is 6.08 Å². The lowest BCUT2D eigenvalue weighted by Crippen LogP contribution is -2.27. The predicted molar refractivity (Wildman–Crippen MR) is 152 cm³/mol. The first-order valence-corrected chi connectivity index (χ1v) is 13.3. The first-order valence-electron chi connectivity index (χ1n) is 13.3. The smallest absolute Gasteiger partial charge is 0.330 e. The van der Waals surface area contributed by atoms with Gasteiger partial charge in [0.15, 0.2) is 0 Å². The number of nitrogens with zero attached hydrogens (tertiary/aromatic N) is 1. The first-order chi connectivity index (χ1) is 17.5. The third-order valence-electron chi connectivity index (χ3n) is 5.47. The Hall–Kier alpha value is -3.32. The third-order valence-corrected chi connectivity index (χ3v) is 5.47. The van der Waals surface area contributed by atoms with Gasteiger partial charge in [-0.2, -0.15) is 0 Å². The Kier molecular flexibility index (Phi) is 16.2. The lowest BCUT2D eigenvalue weighted by molar-refractivity contribution is -0.137. The van der Waals surface area contributed by atoms with Crippen LogP contribution in [-0.2, 0) is 20.9 Å². The lowest BCUT2D eigenvalue weighted by Gasteiger charge is -2.21. The molecule has 2 rings (SSSR count). The van der Waals surface area contributed by atoms with Crippen molar-refractivity contribution in [1.82, 2.24) is 0 Å². The van der Waals surface area contributed by atoms with Gasteiger partial charge in [-0.25, -0.2) is 4.79 Å². The molecule has 0 atom stereocenters. The molecule has 0 aromatic heterocycles. The van der Waals surface area contributed by atoms with E-state index in [9.17, 15) is 9.59 Å². The molecular formula is C32H43NO3. The number of ether oxygens (including phenoxy) is 1. The molecule has 0 spiro atoms. The van der Waals surface area contributed by atoms with Crippen LogP contribution in [0.5, 0.6) is 0 Å². The summed E-state index contributed by atoms with van der Waals surface area (Å²) in [4.78, 5) is 25.5. The molecular weight excluding hydrogens is 446 g/mol. The van der Waals surface area contributed by atoms with Gasteiger partial charge >= 0.3 is 5.97 Å². The minimum atomic E-state index is -0.368. The van der Waals surface area contributed by atoms with Gasteiger partial charge in [-0.1, -0.05) is 89.0 Å². The second-order valence-corrected chi connectivity index (χ2v) is 8.30. The summed E-state index contributed by atoms with van der Waals surface area (Å²) >= 11 is 0. The number of hydrogen-bond donors (Lipinski definition) is 0. The van der Waals surface area contributed by atoms with Crippen molar-refractivity contribution < 1.29 is 14.3 Å². The topological polar surface area (TPSA) is 46.6 Å². The molecule has 0 N–H and O–H groups in total. The molecule has 0 aliphatic heterocycles. The summed E-state index contributed by atoms with van der Waals surface area (Å²) in [6, 6.07) is 15.6. The summed E-state index contributed by atoms with van der Waals surface area (Å²) in [5.74, 6) is 6.13. The van der Waals surface area contributed by atoms with Crippen molar-refractivity contribution in [3.63, 3.8) is 0 Å². The molecule has 0 radical (unpaired) electrons. The normalized spacial score (nSPS) is 10.1. The van der Waals surface area contributed by atoms with Crippen molar-refractivity contribution in [2.24, 2.45) is 0 Å². The highest BCUT2D eigenvalue weighted by atomic mass is 16.5. The number of anilines is 1. The molecule has 194 valence electrons. The minimum absolute atomic E-state index is 0.0300. The van der Waals surface area contributed by atoms with Crippen LogP contribution in [0.4, 0.5) is 5.69 Å². The van der Waals surface area contributed by atoms with E-state index in [1.807, 2.05) is 62.4 Å². The zero-order valence-corrected chi connectivity index (χ0v) is 22.8. The van der Waals surface area contributed by atoms with E-state index in [2.05, 4.69) is 18.8 Å². The number of hydrogen-bond acceptors (Lipinski definition) is 3. The monoisotopic (exact) mass is 489 g/mol. The molecule has 36 heavy (non-hydrogen) atoms. The number of rotatable bonds is 12. The standard InChI is InChI=1S/C30H37NO3.C2H6/c1-4-6-7-8-9-10-11-12-13-26-14-16-28(17-15-26)24-31(25(3)32)29-21-18-27(19-22-29)20-23-30(33)34-5-2;1-2/h14-23H,4-11,24H2,1-3H3;1-2H3/b23-20+;. The van der Waals surface area contributed by atoms with Gasteiger partial charge in [-0.3, -0.25) is 4.79 Å². The zero-order chi connectivity index (χ0) is 26.6. The van der Waals surface area contributed by atoms with Gasteiger partial charge in [0, 0.05) is 30.7 Å². The number of carbonyl (C=O) groups excluding carboxylic acids is 2. The van der Waals surface area contributed by atoms with E-state index in [1.165, 1.54) is 44.6 Å². The fraction of sp³-hybridized carbons (Fsp3) is 0.438. The predicted octanol–water partition coefficient (Wildman–Crippen LogP) is 7.94. The van der Waals surface area contributed by atoms with Crippen molar-refractivity contribution in [2.45, 2.75) is 86.1 Å². The van der Waals surface area contributed by atoms with Crippen LogP contribution in [0.3, 0.4) is 0 Å². The maximum atomic E-state index is 12.3. The van der Waals surface area contributed by atoms with Crippen LogP contribution in [0, 0.1) is 11.8 Å². The zero-order valence-electron chi connectivity index (χ0n) is 22.8. The fourth-order valence-electron chi connectivity index (χ4n) is 3.54. The Bertz CT molecular complexity index is 979. The molecule has 4 nitrogen and oxygen atoms in total. The van der Waals surface area contributed by atoms with Crippen LogP contribution < -0.4 is 4.90 Å². The Balaban J connectivity index is 0.00000316.